The van der Waals surface area contributed by atoms with Crippen molar-refractivity contribution in [2.24, 2.45) is 0 Å². The lowest BCUT2D eigenvalue weighted by Crippen LogP contribution is -2.38. The van der Waals surface area contributed by atoms with Crippen LogP contribution in [0, 0.1) is 0 Å². The largest absolute Gasteiger partial charge is 0.334 e. The molecule has 1 fully saturated rings. The van der Waals surface area contributed by atoms with Gasteiger partial charge in [-0.3, -0.25) is 9.59 Å². The first-order valence-electron chi connectivity index (χ1n) is 4.10. The van der Waals surface area contributed by atoms with E-state index in [1.165, 1.54) is 6.92 Å². The third-order valence-corrected chi connectivity index (χ3v) is 2.06. The number of amides is 1. The maximum atomic E-state index is 11.4. The monoisotopic (exact) mass is 170 g/mol. The fourth-order valence-corrected chi connectivity index (χ4v) is 1.43. The van der Waals surface area contributed by atoms with E-state index in [1.54, 1.807) is 11.9 Å². The molecule has 1 atom stereocenters. The van der Waals surface area contributed by atoms with E-state index in [9.17, 15) is 9.59 Å². The van der Waals surface area contributed by atoms with Gasteiger partial charge in [-0.1, -0.05) is 0 Å². The maximum Gasteiger partial charge on any atom is 0.240 e. The van der Waals surface area contributed by atoms with E-state index in [0.29, 0.717) is 6.54 Å². The summed E-state index contributed by atoms with van der Waals surface area (Å²) < 4.78 is 0. The zero-order valence-corrected chi connectivity index (χ0v) is 7.46. The van der Waals surface area contributed by atoms with E-state index in [-0.39, 0.29) is 24.3 Å². The summed E-state index contributed by atoms with van der Waals surface area (Å²) in [6, 6.07) is -0.0793. The van der Waals surface area contributed by atoms with Gasteiger partial charge in [0.1, 0.15) is 5.78 Å². The SMILES string of the molecule is CN[C@H]1CCN(CC(C)=O)C1=O. The Kier molecular flexibility index (Phi) is 2.81. The smallest absolute Gasteiger partial charge is 0.240 e. The van der Waals surface area contributed by atoms with Gasteiger partial charge in [0.25, 0.3) is 0 Å². The number of carbonyl (C=O) groups is 2. The zero-order chi connectivity index (χ0) is 9.14. The second-order valence-electron chi connectivity index (χ2n) is 3.09. The molecule has 0 radical (unpaired) electrons. The van der Waals surface area contributed by atoms with Crippen molar-refractivity contribution in [3.05, 3.63) is 0 Å². The Morgan fingerprint density at radius 2 is 2.42 bits per heavy atom. The number of nitrogens with one attached hydrogen (secondary N) is 1. The van der Waals surface area contributed by atoms with Crippen LogP contribution in [-0.2, 0) is 9.59 Å². The van der Waals surface area contributed by atoms with E-state index >= 15 is 0 Å². The topological polar surface area (TPSA) is 49.4 Å². The molecular formula is C8H14N2O2. The number of Topliss-reactive ketones (excluding diaryl/α,β-unsaturated/α-hetero) is 1. The van der Waals surface area contributed by atoms with Gasteiger partial charge < -0.3 is 10.2 Å². The molecule has 0 aromatic heterocycles. The highest BCUT2D eigenvalue weighted by Gasteiger charge is 2.30. The molecule has 0 saturated carbocycles. The Labute approximate surface area is 71.9 Å². The van der Waals surface area contributed by atoms with Gasteiger partial charge in [-0.2, -0.15) is 0 Å². The fourth-order valence-electron chi connectivity index (χ4n) is 1.43. The molecule has 1 heterocycles. The molecular weight excluding hydrogens is 156 g/mol. The zero-order valence-electron chi connectivity index (χ0n) is 7.46. The van der Waals surface area contributed by atoms with Crippen molar-refractivity contribution in [1.29, 1.82) is 0 Å². The molecule has 4 heteroatoms. The Hall–Kier alpha value is -0.900. The Morgan fingerprint density at radius 3 is 2.83 bits per heavy atom. The molecule has 0 bridgehead atoms. The van der Waals surface area contributed by atoms with Gasteiger partial charge in [0.2, 0.25) is 5.91 Å². The highest BCUT2D eigenvalue weighted by molar-refractivity contribution is 5.88. The molecule has 1 rings (SSSR count). The second kappa shape index (κ2) is 3.67. The summed E-state index contributed by atoms with van der Waals surface area (Å²) in [5, 5.41) is 2.91. The van der Waals surface area contributed by atoms with Gasteiger partial charge in [0, 0.05) is 6.54 Å². The summed E-state index contributed by atoms with van der Waals surface area (Å²) in [5.74, 6) is 0.0906. The third-order valence-electron chi connectivity index (χ3n) is 2.06. The fraction of sp³-hybridized carbons (Fsp3) is 0.750. The van der Waals surface area contributed by atoms with Crippen LogP contribution < -0.4 is 5.32 Å². The standard InChI is InChI=1S/C8H14N2O2/c1-6(11)5-10-4-3-7(9-2)8(10)12/h7,9H,3-5H2,1-2H3/t7-/m0/s1. The lowest BCUT2D eigenvalue weighted by atomic mass is 10.3. The van der Waals surface area contributed by atoms with Gasteiger partial charge in [-0.15, -0.1) is 0 Å². The van der Waals surface area contributed by atoms with Gasteiger partial charge in [-0.25, -0.2) is 0 Å². The van der Waals surface area contributed by atoms with E-state index in [1.807, 2.05) is 0 Å². The maximum absolute atomic E-state index is 11.4. The molecule has 0 aromatic carbocycles. The van der Waals surface area contributed by atoms with Crippen molar-refractivity contribution < 1.29 is 9.59 Å². The van der Waals surface area contributed by atoms with Crippen molar-refractivity contribution >= 4 is 11.7 Å². The normalized spacial score (nSPS) is 23.3. The first-order chi connectivity index (χ1) is 5.65. The van der Waals surface area contributed by atoms with E-state index in [0.717, 1.165) is 6.42 Å². The van der Waals surface area contributed by atoms with Crippen LogP contribution in [0.4, 0.5) is 0 Å². The minimum absolute atomic E-state index is 0.0418. The molecule has 1 aliphatic heterocycles. The van der Waals surface area contributed by atoms with Gasteiger partial charge in [-0.05, 0) is 20.4 Å². The number of rotatable bonds is 3. The van der Waals surface area contributed by atoms with Crippen LogP contribution >= 0.6 is 0 Å². The number of ketones is 1. The van der Waals surface area contributed by atoms with Gasteiger partial charge in [0.05, 0.1) is 12.6 Å². The van der Waals surface area contributed by atoms with Crippen LogP contribution in [0.2, 0.25) is 0 Å². The molecule has 68 valence electrons. The molecule has 1 N–H and O–H groups in total. The summed E-state index contributed by atoms with van der Waals surface area (Å²) in [5.41, 5.74) is 0. The third kappa shape index (κ3) is 1.82. The summed E-state index contributed by atoms with van der Waals surface area (Å²) in [4.78, 5) is 23.7. The number of nitrogens with zero attached hydrogens (tertiary/aromatic N) is 1. The van der Waals surface area contributed by atoms with E-state index in [2.05, 4.69) is 5.32 Å². The molecule has 12 heavy (non-hydrogen) atoms. The predicted molar refractivity (Wildman–Crippen MR) is 44.7 cm³/mol. The first-order valence-corrected chi connectivity index (χ1v) is 4.10. The summed E-state index contributed by atoms with van der Waals surface area (Å²) in [6.45, 7) is 2.46. The lowest BCUT2D eigenvalue weighted by molar-refractivity contribution is -0.132. The highest BCUT2D eigenvalue weighted by Crippen LogP contribution is 2.09. The van der Waals surface area contributed by atoms with Crippen LogP contribution in [0.15, 0.2) is 0 Å². The average Bonchev–Trinajstić information content (AvgIpc) is 2.32. The minimum Gasteiger partial charge on any atom is -0.334 e. The number of hydrogen-bond acceptors (Lipinski definition) is 3. The lowest BCUT2D eigenvalue weighted by Gasteiger charge is -2.13. The van der Waals surface area contributed by atoms with Crippen LogP contribution in [0.25, 0.3) is 0 Å². The number of likely N-dealkylation sites (N-methyl/N-ethyl adjacent to an activating group) is 1. The predicted octanol–water partition coefficient (Wildman–Crippen LogP) is -0.604. The molecule has 0 aromatic rings. The van der Waals surface area contributed by atoms with Crippen LogP contribution in [0.1, 0.15) is 13.3 Å². The minimum atomic E-state index is -0.0793. The molecule has 1 aliphatic rings. The van der Waals surface area contributed by atoms with Crippen molar-refractivity contribution in [1.82, 2.24) is 10.2 Å². The van der Waals surface area contributed by atoms with E-state index in [4.69, 9.17) is 0 Å². The number of likely N-dealkylation sites (tertiary alicyclic amines) is 1. The molecule has 0 unspecified atom stereocenters. The second-order valence-corrected chi connectivity index (χ2v) is 3.09. The Balaban J connectivity index is 2.49. The number of carbonyl (C=O) groups excluding carboxylic acids is 2. The van der Waals surface area contributed by atoms with E-state index < -0.39 is 0 Å². The summed E-state index contributed by atoms with van der Waals surface area (Å²) >= 11 is 0. The van der Waals surface area contributed by atoms with Crippen molar-refractivity contribution in [2.75, 3.05) is 20.1 Å². The van der Waals surface area contributed by atoms with Gasteiger partial charge in [0.15, 0.2) is 0 Å². The quantitative estimate of drug-likeness (QED) is 0.615. The molecule has 1 amide bonds. The Morgan fingerprint density at radius 1 is 1.75 bits per heavy atom. The van der Waals surface area contributed by atoms with Crippen LogP contribution in [-0.4, -0.2) is 42.8 Å². The highest BCUT2D eigenvalue weighted by atomic mass is 16.2. The van der Waals surface area contributed by atoms with Crippen molar-refractivity contribution in [3.63, 3.8) is 0 Å². The molecule has 0 spiro atoms. The van der Waals surface area contributed by atoms with Crippen molar-refractivity contribution in [2.45, 2.75) is 19.4 Å². The van der Waals surface area contributed by atoms with Crippen LogP contribution in [0.3, 0.4) is 0 Å². The van der Waals surface area contributed by atoms with Gasteiger partial charge >= 0.3 is 0 Å². The molecule has 0 aliphatic carbocycles. The summed E-state index contributed by atoms with van der Waals surface area (Å²) in [7, 11) is 1.76. The number of hydrogen-bond donors (Lipinski definition) is 1. The Bertz CT molecular complexity index is 203. The molecule has 1 saturated heterocycles. The van der Waals surface area contributed by atoms with Crippen LogP contribution in [0.5, 0.6) is 0 Å². The molecule has 4 nitrogen and oxygen atoms in total. The van der Waals surface area contributed by atoms with Crippen molar-refractivity contribution in [3.8, 4) is 0 Å². The first kappa shape index (κ1) is 9.19. The average molecular weight is 170 g/mol. The summed E-state index contributed by atoms with van der Waals surface area (Å²) in [6.07, 6.45) is 0.808.